The Bertz CT molecular complexity index is 597. The van der Waals surface area contributed by atoms with Crippen molar-refractivity contribution in [2.24, 2.45) is 17.1 Å². The fourth-order valence-corrected chi connectivity index (χ4v) is 2.53. The smallest absolute Gasteiger partial charge is 0.411 e. The summed E-state index contributed by atoms with van der Waals surface area (Å²) >= 11 is 0. The van der Waals surface area contributed by atoms with E-state index < -0.39 is 6.09 Å². The first kappa shape index (κ1) is 18.3. The van der Waals surface area contributed by atoms with Crippen LogP contribution >= 0.6 is 0 Å². The summed E-state index contributed by atoms with van der Waals surface area (Å²) in [7, 11) is 1.32. The Kier molecular flexibility index (Phi) is 5.83. The molecular formula is C18H27N3O3. The average Bonchev–Trinajstić information content (AvgIpc) is 3.40. The molecule has 0 atom stereocenters. The number of nitrogens with zero attached hydrogens (tertiary/aromatic N) is 1. The standard InChI is InChI=1S/C18H27N3O3/c1-18(2,11-19)12-21(16(22)13-8-9-13)10-14-6-4-5-7-15(14)20-17(23)24-3/h4-7,13H,8-12,19H2,1-3H3,(H,20,23). The zero-order chi connectivity index (χ0) is 17.7. The Morgan fingerprint density at radius 2 is 2.00 bits per heavy atom. The summed E-state index contributed by atoms with van der Waals surface area (Å²) in [6, 6.07) is 7.45. The number of carbonyl (C=O) groups is 2. The van der Waals surface area contributed by atoms with E-state index in [1.165, 1.54) is 7.11 Å². The van der Waals surface area contributed by atoms with Crippen molar-refractivity contribution in [1.29, 1.82) is 0 Å². The van der Waals surface area contributed by atoms with Gasteiger partial charge in [0.25, 0.3) is 0 Å². The number of para-hydroxylation sites is 1. The summed E-state index contributed by atoms with van der Waals surface area (Å²) in [4.78, 5) is 26.0. The van der Waals surface area contributed by atoms with E-state index in [1.54, 1.807) is 6.07 Å². The largest absolute Gasteiger partial charge is 0.453 e. The van der Waals surface area contributed by atoms with Crippen LogP contribution in [0.5, 0.6) is 0 Å². The molecule has 1 aliphatic rings. The van der Waals surface area contributed by atoms with Crippen LogP contribution < -0.4 is 11.1 Å². The molecule has 1 aromatic carbocycles. The number of nitrogens with one attached hydrogen (secondary N) is 1. The predicted octanol–water partition coefficient (Wildman–Crippen LogP) is 2.59. The molecule has 24 heavy (non-hydrogen) atoms. The van der Waals surface area contributed by atoms with Gasteiger partial charge in [-0.05, 0) is 36.4 Å². The predicted molar refractivity (Wildman–Crippen MR) is 93.4 cm³/mol. The molecule has 2 rings (SSSR count). The van der Waals surface area contributed by atoms with Crippen molar-refractivity contribution in [2.45, 2.75) is 33.2 Å². The quantitative estimate of drug-likeness (QED) is 0.803. The molecule has 1 aromatic rings. The third-order valence-electron chi connectivity index (χ3n) is 4.21. The zero-order valence-electron chi connectivity index (χ0n) is 14.7. The number of rotatable bonds is 7. The molecule has 0 saturated heterocycles. The van der Waals surface area contributed by atoms with Crippen molar-refractivity contribution in [3.05, 3.63) is 29.8 Å². The van der Waals surface area contributed by atoms with E-state index in [1.807, 2.05) is 23.1 Å². The topological polar surface area (TPSA) is 84.7 Å². The van der Waals surface area contributed by atoms with E-state index in [2.05, 4.69) is 23.9 Å². The summed E-state index contributed by atoms with van der Waals surface area (Å²) in [5, 5.41) is 2.70. The van der Waals surface area contributed by atoms with E-state index in [0.717, 1.165) is 18.4 Å². The number of amides is 2. The fourth-order valence-electron chi connectivity index (χ4n) is 2.53. The number of ether oxygens (including phenoxy) is 1. The van der Waals surface area contributed by atoms with Gasteiger partial charge in [0.15, 0.2) is 0 Å². The molecule has 0 aromatic heterocycles. The van der Waals surface area contributed by atoms with Crippen LogP contribution in [0.4, 0.5) is 10.5 Å². The Morgan fingerprint density at radius 1 is 1.33 bits per heavy atom. The SMILES string of the molecule is COC(=O)Nc1ccccc1CN(CC(C)(C)CN)C(=O)C1CC1. The van der Waals surface area contributed by atoms with Gasteiger partial charge in [-0.2, -0.15) is 0 Å². The van der Waals surface area contributed by atoms with Crippen LogP contribution in [0.1, 0.15) is 32.3 Å². The number of hydrogen-bond acceptors (Lipinski definition) is 4. The molecule has 6 heteroatoms. The molecule has 0 bridgehead atoms. The maximum atomic E-state index is 12.7. The lowest BCUT2D eigenvalue weighted by Crippen LogP contribution is -2.42. The van der Waals surface area contributed by atoms with Gasteiger partial charge < -0.3 is 15.4 Å². The molecule has 1 fully saturated rings. The van der Waals surface area contributed by atoms with E-state index in [-0.39, 0.29) is 17.2 Å². The minimum Gasteiger partial charge on any atom is -0.453 e. The molecule has 132 valence electrons. The lowest BCUT2D eigenvalue weighted by atomic mass is 9.92. The van der Waals surface area contributed by atoms with Crippen LogP contribution in [0.2, 0.25) is 0 Å². The molecule has 3 N–H and O–H groups in total. The normalized spacial score (nSPS) is 14.2. The summed E-state index contributed by atoms with van der Waals surface area (Å²) in [6.07, 6.45) is 1.39. The van der Waals surface area contributed by atoms with E-state index >= 15 is 0 Å². The second-order valence-corrected chi connectivity index (χ2v) is 7.11. The maximum Gasteiger partial charge on any atom is 0.411 e. The summed E-state index contributed by atoms with van der Waals surface area (Å²) in [5.41, 5.74) is 7.22. The maximum absolute atomic E-state index is 12.7. The molecular weight excluding hydrogens is 306 g/mol. The monoisotopic (exact) mass is 333 g/mol. The van der Waals surface area contributed by atoms with Gasteiger partial charge >= 0.3 is 6.09 Å². The first-order valence-corrected chi connectivity index (χ1v) is 8.28. The number of nitrogens with two attached hydrogens (primary N) is 1. The Morgan fingerprint density at radius 3 is 2.58 bits per heavy atom. The molecule has 0 heterocycles. The van der Waals surface area contributed by atoms with Crippen molar-refractivity contribution >= 4 is 17.7 Å². The van der Waals surface area contributed by atoms with Crippen LogP contribution in [0, 0.1) is 11.3 Å². The van der Waals surface area contributed by atoms with Crippen LogP contribution in [-0.4, -0.2) is 37.1 Å². The van der Waals surface area contributed by atoms with Gasteiger partial charge in [-0.3, -0.25) is 10.1 Å². The second-order valence-electron chi connectivity index (χ2n) is 7.11. The van der Waals surface area contributed by atoms with Crippen LogP contribution in [0.15, 0.2) is 24.3 Å². The average molecular weight is 333 g/mol. The van der Waals surface area contributed by atoms with Gasteiger partial charge in [-0.25, -0.2) is 4.79 Å². The molecule has 0 radical (unpaired) electrons. The van der Waals surface area contributed by atoms with Crippen molar-refractivity contribution in [2.75, 3.05) is 25.5 Å². The highest BCUT2D eigenvalue weighted by Gasteiger charge is 2.35. The summed E-state index contributed by atoms with van der Waals surface area (Å²) in [5.74, 6) is 0.309. The molecule has 2 amide bonds. The third kappa shape index (κ3) is 4.96. The number of hydrogen-bond donors (Lipinski definition) is 2. The van der Waals surface area contributed by atoms with Gasteiger partial charge in [0, 0.05) is 24.7 Å². The summed E-state index contributed by atoms with van der Waals surface area (Å²) < 4.78 is 4.66. The Balaban J connectivity index is 2.19. The Hall–Kier alpha value is -2.08. The molecule has 1 aliphatic carbocycles. The van der Waals surface area contributed by atoms with Gasteiger partial charge in [0.1, 0.15) is 0 Å². The molecule has 0 spiro atoms. The first-order valence-electron chi connectivity index (χ1n) is 8.28. The highest BCUT2D eigenvalue weighted by atomic mass is 16.5. The van der Waals surface area contributed by atoms with Crippen LogP contribution in [0.3, 0.4) is 0 Å². The third-order valence-corrected chi connectivity index (χ3v) is 4.21. The molecule has 0 aliphatic heterocycles. The van der Waals surface area contributed by atoms with Crippen LogP contribution in [0.25, 0.3) is 0 Å². The molecule has 6 nitrogen and oxygen atoms in total. The van der Waals surface area contributed by atoms with E-state index in [4.69, 9.17) is 5.73 Å². The molecule has 1 saturated carbocycles. The van der Waals surface area contributed by atoms with Crippen molar-refractivity contribution < 1.29 is 14.3 Å². The highest BCUT2D eigenvalue weighted by molar-refractivity contribution is 5.86. The number of benzene rings is 1. The first-order chi connectivity index (χ1) is 11.4. The van der Waals surface area contributed by atoms with Crippen molar-refractivity contribution in [3.63, 3.8) is 0 Å². The van der Waals surface area contributed by atoms with Crippen LogP contribution in [-0.2, 0) is 16.1 Å². The highest BCUT2D eigenvalue weighted by Crippen LogP contribution is 2.33. The molecule has 0 unspecified atom stereocenters. The summed E-state index contributed by atoms with van der Waals surface area (Å²) in [6.45, 7) is 5.64. The lowest BCUT2D eigenvalue weighted by molar-refractivity contribution is -0.134. The van der Waals surface area contributed by atoms with Crippen molar-refractivity contribution in [1.82, 2.24) is 4.90 Å². The Labute approximate surface area is 143 Å². The number of anilines is 1. The number of methoxy groups -OCH3 is 1. The zero-order valence-corrected chi connectivity index (χ0v) is 14.7. The van der Waals surface area contributed by atoms with E-state index in [9.17, 15) is 9.59 Å². The second kappa shape index (κ2) is 7.66. The van der Waals surface area contributed by atoms with Gasteiger partial charge in [-0.1, -0.05) is 32.0 Å². The van der Waals surface area contributed by atoms with Gasteiger partial charge in [0.2, 0.25) is 5.91 Å². The minimum absolute atomic E-state index is 0.138. The fraction of sp³-hybridized carbons (Fsp3) is 0.556. The van der Waals surface area contributed by atoms with Crippen molar-refractivity contribution in [3.8, 4) is 0 Å². The van der Waals surface area contributed by atoms with Gasteiger partial charge in [0.05, 0.1) is 7.11 Å². The van der Waals surface area contributed by atoms with E-state index in [0.29, 0.717) is 25.3 Å². The van der Waals surface area contributed by atoms with Gasteiger partial charge in [-0.15, -0.1) is 0 Å². The minimum atomic E-state index is -0.523. The lowest BCUT2D eigenvalue weighted by Gasteiger charge is -2.32. The number of carbonyl (C=O) groups excluding carboxylic acids is 2.